The number of unbranched alkanes of at least 4 members (excludes halogenated alkanes) is 11. The molecular formula is C38H57NP+. The van der Waals surface area contributed by atoms with Crippen molar-refractivity contribution < 1.29 is 0 Å². The standard InChI is InChI=1S/C38H57NP/c1-4-7-10-12-14-22-31-39(32-23-15-13-11-8-5-2)35-25-24-30-38(34-35)40(33-9-6-3,36-26-18-16-19-27-36)37-28-20-17-21-29-37/h16-21,24-30,34H,4-15,22-23,31-33H2,1-3H3/q+1. The van der Waals surface area contributed by atoms with Gasteiger partial charge in [-0.15, -0.1) is 0 Å². The van der Waals surface area contributed by atoms with Gasteiger partial charge in [-0.25, -0.2) is 0 Å². The van der Waals surface area contributed by atoms with E-state index in [1.54, 1.807) is 5.30 Å². The molecule has 0 aliphatic carbocycles. The van der Waals surface area contributed by atoms with Gasteiger partial charge in [-0.1, -0.05) is 134 Å². The fourth-order valence-electron chi connectivity index (χ4n) is 6.06. The molecule has 3 aromatic carbocycles. The normalized spacial score (nSPS) is 11.6. The molecule has 0 aromatic heterocycles. The van der Waals surface area contributed by atoms with Crippen LogP contribution in [0.3, 0.4) is 0 Å². The van der Waals surface area contributed by atoms with Gasteiger partial charge in [0.25, 0.3) is 0 Å². The summed E-state index contributed by atoms with van der Waals surface area (Å²) in [5.74, 6) is 0. The summed E-state index contributed by atoms with van der Waals surface area (Å²) >= 11 is 0. The van der Waals surface area contributed by atoms with Crippen LogP contribution >= 0.6 is 7.26 Å². The van der Waals surface area contributed by atoms with Crippen LogP contribution in [0, 0.1) is 0 Å². The Morgan fingerprint density at radius 3 is 1.40 bits per heavy atom. The highest BCUT2D eigenvalue weighted by molar-refractivity contribution is 7.95. The van der Waals surface area contributed by atoms with E-state index in [1.807, 2.05) is 0 Å². The zero-order valence-electron chi connectivity index (χ0n) is 26.0. The van der Waals surface area contributed by atoms with Crippen LogP contribution in [-0.4, -0.2) is 19.3 Å². The van der Waals surface area contributed by atoms with Crippen molar-refractivity contribution in [2.45, 2.75) is 111 Å². The lowest BCUT2D eigenvalue weighted by Crippen LogP contribution is -2.34. The van der Waals surface area contributed by atoms with Crippen molar-refractivity contribution in [3.05, 3.63) is 84.9 Å². The molecule has 3 rings (SSSR count). The van der Waals surface area contributed by atoms with Crippen LogP contribution in [0.1, 0.15) is 111 Å². The van der Waals surface area contributed by atoms with Crippen molar-refractivity contribution in [3.8, 4) is 0 Å². The van der Waals surface area contributed by atoms with Gasteiger partial charge in [-0.3, -0.25) is 0 Å². The minimum Gasteiger partial charge on any atom is -0.371 e. The molecule has 3 aromatic rings. The van der Waals surface area contributed by atoms with E-state index in [-0.39, 0.29) is 0 Å². The van der Waals surface area contributed by atoms with Crippen LogP contribution in [0.2, 0.25) is 0 Å². The van der Waals surface area contributed by atoms with Crippen molar-refractivity contribution >= 4 is 28.9 Å². The summed E-state index contributed by atoms with van der Waals surface area (Å²) in [4.78, 5) is 2.73. The summed E-state index contributed by atoms with van der Waals surface area (Å²) in [6.07, 6.45) is 20.0. The molecule has 0 saturated carbocycles. The van der Waals surface area contributed by atoms with Crippen LogP contribution in [0.5, 0.6) is 0 Å². The Morgan fingerprint density at radius 2 is 0.900 bits per heavy atom. The van der Waals surface area contributed by atoms with Gasteiger partial charge in [-0.2, -0.15) is 0 Å². The average Bonchev–Trinajstić information content (AvgIpc) is 3.01. The van der Waals surface area contributed by atoms with Gasteiger partial charge in [-0.05, 0) is 55.7 Å². The monoisotopic (exact) mass is 558 g/mol. The predicted octanol–water partition coefficient (Wildman–Crippen LogP) is 10.3. The number of rotatable bonds is 21. The summed E-state index contributed by atoms with van der Waals surface area (Å²) < 4.78 is 0. The fraction of sp³-hybridized carbons (Fsp3) is 0.526. The summed E-state index contributed by atoms with van der Waals surface area (Å²) in [5, 5.41) is 4.59. The summed E-state index contributed by atoms with van der Waals surface area (Å²) in [7, 11) is -1.75. The average molecular weight is 559 g/mol. The Kier molecular flexibility index (Phi) is 15.5. The molecule has 0 radical (unpaired) electrons. The first-order chi connectivity index (χ1) is 19.8. The molecular weight excluding hydrogens is 501 g/mol. The van der Waals surface area contributed by atoms with Gasteiger partial charge in [0.2, 0.25) is 0 Å². The van der Waals surface area contributed by atoms with E-state index in [1.165, 1.54) is 125 Å². The summed E-state index contributed by atoms with van der Waals surface area (Å²) in [6.45, 7) is 9.32. The van der Waals surface area contributed by atoms with E-state index >= 15 is 0 Å². The first kappa shape index (κ1) is 32.4. The van der Waals surface area contributed by atoms with E-state index in [2.05, 4.69) is 111 Å². The minimum absolute atomic E-state index is 1.18. The molecule has 0 saturated heterocycles. The van der Waals surface area contributed by atoms with Crippen molar-refractivity contribution in [2.24, 2.45) is 0 Å². The molecule has 0 amide bonds. The molecule has 2 heteroatoms. The largest absolute Gasteiger partial charge is 0.371 e. The first-order valence-electron chi connectivity index (χ1n) is 16.6. The van der Waals surface area contributed by atoms with Crippen molar-refractivity contribution in [1.82, 2.24) is 0 Å². The lowest BCUT2D eigenvalue weighted by molar-refractivity contribution is 0.575. The van der Waals surface area contributed by atoms with E-state index in [0.717, 1.165) is 0 Å². The molecule has 218 valence electrons. The van der Waals surface area contributed by atoms with E-state index < -0.39 is 7.26 Å². The molecule has 0 N–H and O–H groups in total. The van der Waals surface area contributed by atoms with Crippen molar-refractivity contribution in [2.75, 3.05) is 24.2 Å². The van der Waals surface area contributed by atoms with Crippen molar-refractivity contribution in [1.29, 1.82) is 0 Å². The van der Waals surface area contributed by atoms with Crippen LogP contribution in [0.4, 0.5) is 5.69 Å². The molecule has 0 spiro atoms. The molecule has 0 atom stereocenters. The maximum Gasteiger partial charge on any atom is 0.112 e. The van der Waals surface area contributed by atoms with Crippen LogP contribution in [-0.2, 0) is 0 Å². The fourth-order valence-corrected chi connectivity index (χ4v) is 10.6. The van der Waals surface area contributed by atoms with Gasteiger partial charge in [0.1, 0.15) is 23.2 Å². The van der Waals surface area contributed by atoms with Crippen LogP contribution in [0.15, 0.2) is 84.9 Å². The zero-order valence-corrected chi connectivity index (χ0v) is 26.9. The molecule has 0 aliphatic rings. The topological polar surface area (TPSA) is 3.24 Å². The highest BCUT2D eigenvalue weighted by Gasteiger charge is 2.44. The van der Waals surface area contributed by atoms with Gasteiger partial charge < -0.3 is 4.90 Å². The molecule has 0 fully saturated rings. The van der Waals surface area contributed by atoms with Crippen LogP contribution < -0.4 is 20.8 Å². The SMILES string of the molecule is CCCCCCCCN(CCCCCCCC)c1cccc([P+](CCCC)(c2ccccc2)c2ccccc2)c1. The smallest absolute Gasteiger partial charge is 0.112 e. The number of hydrogen-bond acceptors (Lipinski definition) is 1. The van der Waals surface area contributed by atoms with E-state index in [0.29, 0.717) is 0 Å². The second kappa shape index (κ2) is 19.1. The Balaban J connectivity index is 1.92. The van der Waals surface area contributed by atoms with Gasteiger partial charge in [0.15, 0.2) is 0 Å². The van der Waals surface area contributed by atoms with Gasteiger partial charge in [0.05, 0.1) is 6.16 Å². The molecule has 1 nitrogen and oxygen atoms in total. The molecule has 0 aliphatic heterocycles. The third kappa shape index (κ3) is 9.76. The third-order valence-corrected chi connectivity index (χ3v) is 12.9. The number of anilines is 1. The number of nitrogens with zero attached hydrogens (tertiary/aromatic N) is 1. The summed E-state index contributed by atoms with van der Waals surface area (Å²) in [5.41, 5.74) is 1.44. The van der Waals surface area contributed by atoms with E-state index in [4.69, 9.17) is 0 Å². The Morgan fingerprint density at radius 1 is 0.450 bits per heavy atom. The number of hydrogen-bond donors (Lipinski definition) is 0. The second-order valence-electron chi connectivity index (χ2n) is 11.6. The third-order valence-electron chi connectivity index (χ3n) is 8.44. The number of benzene rings is 3. The Bertz CT molecular complexity index is 976. The molecule has 0 unspecified atom stereocenters. The minimum atomic E-state index is -1.75. The van der Waals surface area contributed by atoms with Crippen LogP contribution in [0.25, 0.3) is 0 Å². The highest BCUT2D eigenvalue weighted by atomic mass is 31.2. The maximum absolute atomic E-state index is 2.73. The lowest BCUT2D eigenvalue weighted by Gasteiger charge is -2.30. The Hall–Kier alpha value is -2.11. The van der Waals surface area contributed by atoms with Gasteiger partial charge in [0, 0.05) is 24.8 Å². The Labute approximate surface area is 248 Å². The summed E-state index contributed by atoms with van der Waals surface area (Å²) in [6, 6.07) is 32.7. The van der Waals surface area contributed by atoms with E-state index in [9.17, 15) is 0 Å². The zero-order chi connectivity index (χ0) is 28.3. The predicted molar refractivity (Wildman–Crippen MR) is 184 cm³/mol. The van der Waals surface area contributed by atoms with Crippen molar-refractivity contribution in [3.63, 3.8) is 0 Å². The lowest BCUT2D eigenvalue weighted by atomic mass is 10.1. The molecule has 0 bridgehead atoms. The molecule has 40 heavy (non-hydrogen) atoms. The molecule has 0 heterocycles. The maximum atomic E-state index is 2.73. The van der Waals surface area contributed by atoms with Gasteiger partial charge >= 0.3 is 0 Å². The first-order valence-corrected chi connectivity index (χ1v) is 18.6. The quantitative estimate of drug-likeness (QED) is 0.0928. The highest BCUT2D eigenvalue weighted by Crippen LogP contribution is 2.56. The second-order valence-corrected chi connectivity index (χ2v) is 15.2.